The van der Waals surface area contributed by atoms with E-state index in [-0.39, 0.29) is 41.3 Å². The van der Waals surface area contributed by atoms with Crippen LogP contribution in [0.25, 0.3) is 50.3 Å². The number of fused-ring (bicyclic) bond motifs is 6. The summed E-state index contributed by atoms with van der Waals surface area (Å²) >= 11 is 0. The number of amides is 4. The van der Waals surface area contributed by atoms with Crippen molar-refractivity contribution in [1.29, 1.82) is 0 Å². The van der Waals surface area contributed by atoms with Gasteiger partial charge in [0.2, 0.25) is 18.0 Å². The number of likely N-dealkylation sites (tertiary alicyclic amines) is 2. The van der Waals surface area contributed by atoms with E-state index in [9.17, 15) is 19.2 Å². The van der Waals surface area contributed by atoms with Crippen molar-refractivity contribution in [3.63, 3.8) is 0 Å². The van der Waals surface area contributed by atoms with Crippen molar-refractivity contribution < 1.29 is 37.8 Å². The standard InChI is InChI=1S/C50H54FN11O7/c1-26(2)42(57-49(65)67-5)46(63)60-17-9-11-36(60)44-52-23-32(55-44)28-14-15-35-30(19-28)21-38-41-31(51)20-29(22-39(41)69-48(62(35)38)34-25-59-16-8-7-13-40(59)54-34)33-24-53-45(56-33)37-12-10-18-61(37)47(64)43(27(3)4)58-50(66)68-6/h7-8,13-16,19-27,36-37,42-43,48H,9-12,17-18H2,1-6H3,(H,52,55)(H,53,56)(H,57,65)(H,58,66)/t36-,37-,42?,43?,48?/m0/s1. The second kappa shape index (κ2) is 18.1. The highest BCUT2D eigenvalue weighted by atomic mass is 19.1. The number of pyridine rings is 1. The first kappa shape index (κ1) is 45.1. The van der Waals surface area contributed by atoms with Gasteiger partial charge in [-0.3, -0.25) is 14.2 Å². The Labute approximate surface area is 396 Å². The van der Waals surface area contributed by atoms with Crippen molar-refractivity contribution in [2.24, 2.45) is 11.8 Å². The summed E-state index contributed by atoms with van der Waals surface area (Å²) in [6.45, 7) is 8.52. The first-order valence-electron chi connectivity index (χ1n) is 23.3. The minimum Gasteiger partial charge on any atom is -0.463 e. The number of nitrogens with zero attached hydrogens (tertiary/aromatic N) is 7. The number of imidazole rings is 3. The molecule has 2 fully saturated rings. The van der Waals surface area contributed by atoms with Gasteiger partial charge in [0.15, 0.2) is 0 Å². The van der Waals surface area contributed by atoms with Crippen molar-refractivity contribution in [3.05, 3.63) is 103 Å². The number of halogens is 1. The molecule has 3 aliphatic rings. The normalized spacial score (nSPS) is 18.6. The van der Waals surface area contributed by atoms with E-state index in [2.05, 4.69) is 20.6 Å². The van der Waals surface area contributed by atoms with Gasteiger partial charge in [-0.1, -0.05) is 39.8 Å². The molecule has 8 heterocycles. The molecule has 2 saturated heterocycles. The summed E-state index contributed by atoms with van der Waals surface area (Å²) in [7, 11) is 2.54. The summed E-state index contributed by atoms with van der Waals surface area (Å²) in [6, 6.07) is 14.7. The molecule has 4 N–H and O–H groups in total. The Morgan fingerprint density at radius 2 is 1.39 bits per heavy atom. The molecular formula is C50H54FN11O7. The zero-order valence-corrected chi connectivity index (χ0v) is 39.2. The van der Waals surface area contributed by atoms with Gasteiger partial charge in [-0.15, -0.1) is 0 Å². The predicted octanol–water partition coefficient (Wildman–Crippen LogP) is 7.90. The minimum absolute atomic E-state index is 0.161. The summed E-state index contributed by atoms with van der Waals surface area (Å²) in [6.07, 6.45) is 8.01. The fourth-order valence-corrected chi connectivity index (χ4v) is 10.1. The van der Waals surface area contributed by atoms with Gasteiger partial charge in [-0.25, -0.2) is 28.9 Å². The SMILES string of the molecule is COC(=O)NC(C(=O)N1CCC[C@H]1c1ncc(-c2cc(F)c3c(c2)OC(c2cn4ccccc4n2)n2c-3cc3cc(-c4cnc([C@@H]5CCCN5C(=O)C(NC(=O)OC)C(C)C)[nH]4)ccc32)[nH]1)C(C)C. The van der Waals surface area contributed by atoms with Crippen LogP contribution in [0.1, 0.15) is 89.0 Å². The highest BCUT2D eigenvalue weighted by molar-refractivity contribution is 5.93. The Morgan fingerprint density at radius 3 is 1.97 bits per heavy atom. The largest absolute Gasteiger partial charge is 0.463 e. The maximum Gasteiger partial charge on any atom is 0.407 e. The van der Waals surface area contributed by atoms with Gasteiger partial charge >= 0.3 is 12.2 Å². The van der Waals surface area contributed by atoms with Crippen molar-refractivity contribution >= 4 is 40.6 Å². The van der Waals surface area contributed by atoms with Crippen LogP contribution in [0.2, 0.25) is 0 Å². The molecule has 0 aliphatic carbocycles. The molecule has 358 valence electrons. The molecule has 0 radical (unpaired) electrons. The average Bonchev–Trinajstić information content (AvgIpc) is 4.21. The summed E-state index contributed by atoms with van der Waals surface area (Å²) < 4.78 is 37.2. The van der Waals surface area contributed by atoms with Gasteiger partial charge in [0.1, 0.15) is 46.6 Å². The van der Waals surface area contributed by atoms with E-state index in [1.165, 1.54) is 20.3 Å². The number of rotatable bonds is 11. The third-order valence-corrected chi connectivity index (χ3v) is 13.6. The lowest BCUT2D eigenvalue weighted by molar-refractivity contribution is -0.136. The summed E-state index contributed by atoms with van der Waals surface area (Å²) in [5.41, 5.74) is 5.67. The molecule has 0 spiro atoms. The number of benzene rings is 2. The Morgan fingerprint density at radius 1 is 0.783 bits per heavy atom. The van der Waals surface area contributed by atoms with E-state index in [1.807, 2.05) is 91.5 Å². The zero-order chi connectivity index (χ0) is 48.2. The molecule has 5 atom stereocenters. The van der Waals surface area contributed by atoms with Crippen LogP contribution >= 0.6 is 0 Å². The van der Waals surface area contributed by atoms with Crippen molar-refractivity contribution in [2.75, 3.05) is 27.3 Å². The van der Waals surface area contributed by atoms with Gasteiger partial charge in [-0.05, 0) is 80.0 Å². The molecule has 7 aromatic rings. The van der Waals surface area contributed by atoms with Crippen LogP contribution in [-0.4, -0.2) is 107 Å². The first-order chi connectivity index (χ1) is 33.3. The molecule has 4 amide bonds. The predicted molar refractivity (Wildman–Crippen MR) is 252 cm³/mol. The minimum atomic E-state index is -0.782. The number of ether oxygens (including phenoxy) is 3. The Balaban J connectivity index is 0.979. The third kappa shape index (κ3) is 8.18. The van der Waals surface area contributed by atoms with Crippen molar-refractivity contribution in [3.8, 4) is 39.5 Å². The summed E-state index contributed by atoms with van der Waals surface area (Å²) in [5.74, 6) is 0.255. The van der Waals surface area contributed by atoms with Gasteiger partial charge in [0.05, 0.1) is 66.9 Å². The number of alkyl carbamates (subject to hydrolysis) is 2. The number of carbonyl (C=O) groups excluding carboxylic acids is 4. The fraction of sp³-hybridized carbons (Fsp3) is 0.380. The van der Waals surface area contributed by atoms with E-state index < -0.39 is 36.3 Å². The molecule has 3 aliphatic heterocycles. The molecule has 18 nitrogen and oxygen atoms in total. The topological polar surface area (TPSA) is 206 Å². The molecule has 0 saturated carbocycles. The smallest absolute Gasteiger partial charge is 0.407 e. The van der Waals surface area contributed by atoms with Crippen LogP contribution in [0.5, 0.6) is 5.75 Å². The number of hydrogen-bond donors (Lipinski definition) is 4. The Hall–Kier alpha value is -7.70. The molecule has 0 bridgehead atoms. The summed E-state index contributed by atoms with van der Waals surface area (Å²) in [5, 5.41) is 6.21. The number of hydrogen-bond acceptors (Lipinski definition) is 10. The van der Waals surface area contributed by atoms with E-state index in [4.69, 9.17) is 29.2 Å². The number of aromatic amines is 2. The van der Waals surface area contributed by atoms with Crippen LogP contribution in [0, 0.1) is 17.7 Å². The van der Waals surface area contributed by atoms with Crippen LogP contribution in [0.3, 0.4) is 0 Å². The number of methoxy groups -OCH3 is 2. The number of H-pyrrole nitrogens is 2. The molecule has 10 rings (SSSR count). The molecule has 3 unspecified atom stereocenters. The quantitative estimate of drug-likeness (QED) is 0.0986. The van der Waals surface area contributed by atoms with Gasteiger partial charge in [-0.2, -0.15) is 0 Å². The van der Waals surface area contributed by atoms with E-state index in [0.29, 0.717) is 66.0 Å². The van der Waals surface area contributed by atoms with Crippen molar-refractivity contribution in [1.82, 2.24) is 54.3 Å². The number of aromatic nitrogens is 7. The molecule has 69 heavy (non-hydrogen) atoms. The third-order valence-electron chi connectivity index (χ3n) is 13.6. The van der Waals surface area contributed by atoms with E-state index in [1.54, 1.807) is 28.3 Å². The van der Waals surface area contributed by atoms with Crippen LogP contribution < -0.4 is 15.4 Å². The maximum atomic E-state index is 16.9. The molecule has 19 heteroatoms. The lowest BCUT2D eigenvalue weighted by Crippen LogP contribution is -2.51. The number of nitrogens with one attached hydrogen (secondary N) is 4. The number of carbonyl (C=O) groups is 4. The molecule has 5 aromatic heterocycles. The Bertz CT molecular complexity index is 3080. The highest BCUT2D eigenvalue weighted by Crippen LogP contribution is 2.47. The second-order valence-electron chi connectivity index (χ2n) is 18.6. The zero-order valence-electron chi connectivity index (χ0n) is 39.2. The first-order valence-corrected chi connectivity index (χ1v) is 23.3. The average molecular weight is 940 g/mol. The monoisotopic (exact) mass is 939 g/mol. The van der Waals surface area contributed by atoms with Gasteiger partial charge < -0.3 is 49.0 Å². The summed E-state index contributed by atoms with van der Waals surface area (Å²) in [4.78, 5) is 76.7. The molecular weight excluding hydrogens is 886 g/mol. The van der Waals surface area contributed by atoms with Gasteiger partial charge in [0.25, 0.3) is 0 Å². The second-order valence-corrected chi connectivity index (χ2v) is 18.6. The Kier molecular flexibility index (Phi) is 11.8. The lowest BCUT2D eigenvalue weighted by Gasteiger charge is -2.30. The molecule has 2 aromatic carbocycles. The lowest BCUT2D eigenvalue weighted by atomic mass is 10.0. The fourth-order valence-electron chi connectivity index (χ4n) is 10.1. The van der Waals surface area contributed by atoms with Crippen LogP contribution in [0.4, 0.5) is 14.0 Å². The van der Waals surface area contributed by atoms with E-state index in [0.717, 1.165) is 40.6 Å². The van der Waals surface area contributed by atoms with Gasteiger partial charge in [0, 0.05) is 42.0 Å². The van der Waals surface area contributed by atoms with Crippen LogP contribution in [-0.2, 0) is 19.1 Å². The highest BCUT2D eigenvalue weighted by Gasteiger charge is 2.40. The van der Waals surface area contributed by atoms with E-state index >= 15 is 4.39 Å². The maximum absolute atomic E-state index is 16.9. The van der Waals surface area contributed by atoms with Crippen LogP contribution in [0.15, 0.2) is 79.4 Å². The van der Waals surface area contributed by atoms with Crippen molar-refractivity contribution in [2.45, 2.75) is 83.8 Å².